The zero-order valence-electron chi connectivity index (χ0n) is 21.0. The molecule has 0 saturated carbocycles. The summed E-state index contributed by atoms with van der Waals surface area (Å²) in [5.74, 6) is -2.92. The molecule has 3 aromatic heterocycles. The van der Waals surface area contributed by atoms with Crippen LogP contribution >= 0.6 is 15.9 Å². The van der Waals surface area contributed by atoms with Crippen LogP contribution in [0.3, 0.4) is 0 Å². The molecule has 5 aromatic rings. The molecule has 1 atom stereocenters. The first-order chi connectivity index (χ1) is 20.1. The number of carbonyl (C=O) groups is 1. The van der Waals surface area contributed by atoms with E-state index in [1.807, 2.05) is 6.07 Å². The number of ether oxygens (including phenoxy) is 3. The minimum Gasteiger partial charge on any atom is -0.486 e. The first-order valence-electron chi connectivity index (χ1n) is 11.9. The molecule has 0 fully saturated rings. The molecule has 42 heavy (non-hydrogen) atoms. The van der Waals surface area contributed by atoms with Gasteiger partial charge in [0.25, 0.3) is 6.36 Å². The Morgan fingerprint density at radius 2 is 1.76 bits per heavy atom. The van der Waals surface area contributed by atoms with Crippen LogP contribution in [0.25, 0.3) is 28.1 Å². The lowest BCUT2D eigenvalue weighted by molar-refractivity contribution is -0.0683. The van der Waals surface area contributed by atoms with Gasteiger partial charge in [0, 0.05) is 17.8 Å². The molecular formula is C27H17BrF5N5O4. The number of alkyl halides is 3. The van der Waals surface area contributed by atoms with Gasteiger partial charge in [-0.3, -0.25) is 0 Å². The molecule has 2 aromatic carbocycles. The van der Waals surface area contributed by atoms with Crippen molar-refractivity contribution in [2.75, 3.05) is 0 Å². The van der Waals surface area contributed by atoms with Crippen molar-refractivity contribution in [2.24, 2.45) is 5.73 Å². The van der Waals surface area contributed by atoms with Crippen molar-refractivity contribution in [3.05, 3.63) is 88.8 Å². The Morgan fingerprint density at radius 1 is 1.00 bits per heavy atom. The van der Waals surface area contributed by atoms with Crippen molar-refractivity contribution in [1.82, 2.24) is 19.5 Å². The monoisotopic (exact) mass is 649 g/mol. The smallest absolute Gasteiger partial charge is 0.410 e. The summed E-state index contributed by atoms with van der Waals surface area (Å²) in [6, 6.07) is 13.5. The van der Waals surface area contributed by atoms with Gasteiger partial charge in [0.2, 0.25) is 5.88 Å². The van der Waals surface area contributed by atoms with Crippen LogP contribution in [0, 0.1) is 11.6 Å². The fourth-order valence-corrected chi connectivity index (χ4v) is 4.66. The summed E-state index contributed by atoms with van der Waals surface area (Å²) in [7, 11) is 0. The number of nitrogens with zero attached hydrogens (tertiary/aromatic N) is 4. The fraction of sp³-hybridized carbons (Fsp3) is 0.111. The second kappa shape index (κ2) is 12.0. The molecule has 0 aliphatic carbocycles. The molecule has 15 heteroatoms. The van der Waals surface area contributed by atoms with E-state index in [0.717, 1.165) is 34.8 Å². The Bertz CT molecular complexity index is 1770. The molecule has 1 amide bonds. The lowest BCUT2D eigenvalue weighted by Crippen LogP contribution is -2.20. The predicted octanol–water partition coefficient (Wildman–Crippen LogP) is 6.50. The molecular weight excluding hydrogens is 633 g/mol. The summed E-state index contributed by atoms with van der Waals surface area (Å²) in [4.78, 5) is 23.0. The predicted molar refractivity (Wildman–Crippen MR) is 142 cm³/mol. The van der Waals surface area contributed by atoms with Crippen molar-refractivity contribution in [3.8, 4) is 34.5 Å². The lowest BCUT2D eigenvalue weighted by atomic mass is 10.2. The summed E-state index contributed by atoms with van der Waals surface area (Å²) in [5.41, 5.74) is 5.03. The number of nitrogens with two attached hydrogens (primary N) is 1. The minimum absolute atomic E-state index is 0.00368. The van der Waals surface area contributed by atoms with E-state index in [1.54, 1.807) is 24.3 Å². The highest BCUT2D eigenvalue weighted by Crippen LogP contribution is 2.43. The van der Waals surface area contributed by atoms with E-state index < -0.39 is 36.4 Å². The summed E-state index contributed by atoms with van der Waals surface area (Å²) >= 11 is 3.30. The lowest BCUT2D eigenvalue weighted by Gasteiger charge is -2.16. The molecule has 0 aliphatic rings. The van der Waals surface area contributed by atoms with Gasteiger partial charge in [0.05, 0.1) is 16.4 Å². The van der Waals surface area contributed by atoms with Crippen LogP contribution in [-0.2, 0) is 6.61 Å². The second-order valence-corrected chi connectivity index (χ2v) is 9.28. The van der Waals surface area contributed by atoms with Crippen LogP contribution in [0.5, 0.6) is 17.4 Å². The normalized spacial score (nSPS) is 12.0. The molecule has 1 unspecified atom stereocenters. The van der Waals surface area contributed by atoms with Gasteiger partial charge < -0.3 is 24.5 Å². The van der Waals surface area contributed by atoms with E-state index in [4.69, 9.17) is 15.2 Å². The van der Waals surface area contributed by atoms with Gasteiger partial charge in [-0.2, -0.15) is 9.37 Å². The summed E-state index contributed by atoms with van der Waals surface area (Å²) in [5, 5.41) is 0. The van der Waals surface area contributed by atoms with Crippen molar-refractivity contribution >= 4 is 33.1 Å². The standard InChI is InChI=1S/C27H17BrF5N5O4/c28-19-21-23(26(37-12-36-21)42-25(33)24(31)32)38(22(19)20-17(30)9-15(10-35-20)41-27(34)39)14-6-7-18(16(29)8-14)40-11-13-4-2-1-3-5-13/h1-10,12,24-25H,11H2,(H2,34,39). The number of rotatable bonds is 9. The quantitative estimate of drug-likeness (QED) is 0.181. The van der Waals surface area contributed by atoms with E-state index in [-0.39, 0.29) is 50.7 Å². The van der Waals surface area contributed by atoms with Crippen molar-refractivity contribution in [1.29, 1.82) is 0 Å². The zero-order valence-corrected chi connectivity index (χ0v) is 22.6. The highest BCUT2D eigenvalue weighted by atomic mass is 79.9. The Labute approximate surface area is 241 Å². The van der Waals surface area contributed by atoms with Crippen LogP contribution in [0.1, 0.15) is 5.56 Å². The average Bonchev–Trinajstić information content (AvgIpc) is 3.25. The van der Waals surface area contributed by atoms with Gasteiger partial charge in [0.1, 0.15) is 29.7 Å². The summed E-state index contributed by atoms with van der Waals surface area (Å²) in [6.07, 6.45) is -5.88. The third-order valence-corrected chi connectivity index (χ3v) is 6.49. The largest absolute Gasteiger partial charge is 0.486 e. The Kier molecular flexibility index (Phi) is 8.20. The minimum atomic E-state index is -3.52. The molecule has 0 spiro atoms. The van der Waals surface area contributed by atoms with Gasteiger partial charge in [-0.25, -0.2) is 32.3 Å². The van der Waals surface area contributed by atoms with Gasteiger partial charge >= 0.3 is 12.5 Å². The van der Waals surface area contributed by atoms with E-state index in [0.29, 0.717) is 0 Å². The number of benzene rings is 2. The highest BCUT2D eigenvalue weighted by Gasteiger charge is 2.29. The number of carbonyl (C=O) groups excluding carboxylic acids is 1. The number of amides is 1. The van der Waals surface area contributed by atoms with E-state index in [2.05, 4.69) is 35.6 Å². The second-order valence-electron chi connectivity index (χ2n) is 8.49. The van der Waals surface area contributed by atoms with Crippen molar-refractivity contribution < 1.29 is 41.0 Å². The maximum atomic E-state index is 15.4. The molecule has 0 saturated heterocycles. The Hall–Kier alpha value is -4.79. The SMILES string of the molecule is NC(=O)Oc1cnc(-c2c(Br)c3ncnc(OC(F)C(F)F)c3n2-c2ccc(OCc3ccccc3)c(F)c2)c(F)c1. The van der Waals surface area contributed by atoms with Crippen molar-refractivity contribution in [3.63, 3.8) is 0 Å². The third-order valence-electron chi connectivity index (χ3n) is 5.74. The number of aromatic nitrogens is 4. The average molecular weight is 650 g/mol. The van der Waals surface area contributed by atoms with Gasteiger partial charge in [-0.1, -0.05) is 30.3 Å². The third kappa shape index (κ3) is 5.81. The first-order valence-corrected chi connectivity index (χ1v) is 12.7. The molecule has 3 heterocycles. The van der Waals surface area contributed by atoms with Crippen LogP contribution in [0.15, 0.2) is 71.6 Å². The number of hydrogen-bond donors (Lipinski definition) is 1. The van der Waals surface area contributed by atoms with E-state index in [1.165, 1.54) is 12.1 Å². The number of pyridine rings is 1. The maximum Gasteiger partial charge on any atom is 0.410 e. The van der Waals surface area contributed by atoms with Crippen LogP contribution in [-0.4, -0.2) is 38.4 Å². The zero-order chi connectivity index (χ0) is 30.0. The van der Waals surface area contributed by atoms with Crippen LogP contribution < -0.4 is 19.9 Å². The Balaban J connectivity index is 1.68. The van der Waals surface area contributed by atoms with Gasteiger partial charge in [0.15, 0.2) is 23.1 Å². The fourth-order valence-electron chi connectivity index (χ4n) is 4.01. The molecule has 9 nitrogen and oxygen atoms in total. The molecule has 0 radical (unpaired) electrons. The van der Waals surface area contributed by atoms with Crippen molar-refractivity contribution in [2.45, 2.75) is 19.4 Å². The molecule has 5 rings (SSSR count). The molecule has 0 aliphatic heterocycles. The van der Waals surface area contributed by atoms with E-state index in [9.17, 15) is 18.0 Å². The number of halogens is 6. The van der Waals surface area contributed by atoms with Gasteiger partial charge in [-0.15, -0.1) is 0 Å². The number of primary amides is 1. The number of fused-ring (bicyclic) bond motifs is 1. The molecule has 0 bridgehead atoms. The van der Waals surface area contributed by atoms with Crippen LogP contribution in [0.4, 0.5) is 26.7 Å². The number of hydrogen-bond acceptors (Lipinski definition) is 7. The topological polar surface area (TPSA) is 114 Å². The summed E-state index contributed by atoms with van der Waals surface area (Å²) in [6.45, 7) is 0.0621. The summed E-state index contributed by atoms with van der Waals surface area (Å²) < 4.78 is 87.0. The van der Waals surface area contributed by atoms with E-state index >= 15 is 8.78 Å². The van der Waals surface area contributed by atoms with Crippen LogP contribution in [0.2, 0.25) is 0 Å². The van der Waals surface area contributed by atoms with Gasteiger partial charge in [-0.05, 0) is 33.6 Å². The molecule has 216 valence electrons. The Morgan fingerprint density at radius 3 is 2.43 bits per heavy atom. The first kappa shape index (κ1) is 28.7. The highest BCUT2D eigenvalue weighted by molar-refractivity contribution is 9.10. The molecule has 2 N–H and O–H groups in total. The maximum absolute atomic E-state index is 15.4.